The molecule has 0 radical (unpaired) electrons. The monoisotopic (exact) mass is 170 g/mol. The summed E-state index contributed by atoms with van der Waals surface area (Å²) in [6, 6.07) is 0. The van der Waals surface area contributed by atoms with E-state index >= 15 is 0 Å². The highest BCUT2D eigenvalue weighted by molar-refractivity contribution is 4.88. The van der Waals surface area contributed by atoms with Crippen molar-refractivity contribution in [2.45, 2.75) is 20.8 Å². The van der Waals surface area contributed by atoms with Gasteiger partial charge < -0.3 is 4.74 Å². The number of nitrogens with zero attached hydrogens (tertiary/aromatic N) is 2. The van der Waals surface area contributed by atoms with Crippen molar-refractivity contribution in [3.63, 3.8) is 0 Å². The Morgan fingerprint density at radius 2 is 1.67 bits per heavy atom. The molecule has 0 saturated heterocycles. The Morgan fingerprint density at radius 3 is 1.83 bits per heavy atom. The number of methoxy groups -OCH3 is 1. The summed E-state index contributed by atoms with van der Waals surface area (Å²) in [5.74, 6) is 0. The second kappa shape index (κ2) is 12.7. The van der Waals surface area contributed by atoms with Crippen molar-refractivity contribution in [3.05, 3.63) is 24.3 Å². The molecule has 1 aromatic rings. The van der Waals surface area contributed by atoms with Crippen molar-refractivity contribution in [2.24, 2.45) is 0 Å². The molecule has 0 bridgehead atoms. The predicted octanol–water partition coefficient (Wildman–Crippen LogP) is 2.07. The standard InChI is InChI=1S/C5H6N2.C2H6O.C2H6/c1-5-4-6-2-3-7-5;1-3-2;1-2/h2-4H,1H3;1-2H3;1-2H3. The number of hydrogen-bond acceptors (Lipinski definition) is 3. The van der Waals surface area contributed by atoms with E-state index in [0.29, 0.717) is 0 Å². The van der Waals surface area contributed by atoms with Crippen molar-refractivity contribution in [2.75, 3.05) is 14.2 Å². The Labute approximate surface area is 74.8 Å². The smallest absolute Gasteiger partial charge is 0.0555 e. The zero-order valence-corrected chi connectivity index (χ0v) is 8.53. The van der Waals surface area contributed by atoms with E-state index in [1.54, 1.807) is 32.8 Å². The first-order valence-corrected chi connectivity index (χ1v) is 3.94. The van der Waals surface area contributed by atoms with Gasteiger partial charge in [-0.25, -0.2) is 0 Å². The van der Waals surface area contributed by atoms with E-state index in [2.05, 4.69) is 14.7 Å². The molecule has 12 heavy (non-hydrogen) atoms. The lowest BCUT2D eigenvalue weighted by Gasteiger charge is -1.81. The molecule has 0 aliphatic carbocycles. The molecule has 0 saturated carbocycles. The predicted molar refractivity (Wildman–Crippen MR) is 51.1 cm³/mol. The fourth-order valence-corrected chi connectivity index (χ4v) is 0.374. The lowest BCUT2D eigenvalue weighted by Crippen LogP contribution is -1.77. The highest BCUT2D eigenvalue weighted by Gasteiger charge is 1.74. The van der Waals surface area contributed by atoms with Crippen LogP contribution in [0.2, 0.25) is 0 Å². The number of aromatic nitrogens is 2. The van der Waals surface area contributed by atoms with Gasteiger partial charge in [-0.05, 0) is 6.92 Å². The Bertz CT molecular complexity index is 154. The summed E-state index contributed by atoms with van der Waals surface area (Å²) in [5.41, 5.74) is 0.961. The Hall–Kier alpha value is -0.960. The third-order valence-corrected chi connectivity index (χ3v) is 0.692. The van der Waals surface area contributed by atoms with Gasteiger partial charge in [-0.1, -0.05) is 13.8 Å². The van der Waals surface area contributed by atoms with E-state index in [-0.39, 0.29) is 0 Å². The average Bonchev–Trinajstić information content (AvgIpc) is 2.11. The minimum Gasteiger partial charge on any atom is -0.388 e. The molecule has 0 spiro atoms. The van der Waals surface area contributed by atoms with Gasteiger partial charge in [0.2, 0.25) is 0 Å². The van der Waals surface area contributed by atoms with Crippen LogP contribution in [0.3, 0.4) is 0 Å². The normalized spacial score (nSPS) is 7.08. The van der Waals surface area contributed by atoms with Crippen LogP contribution in [0.15, 0.2) is 18.6 Å². The van der Waals surface area contributed by atoms with Gasteiger partial charge in [0.1, 0.15) is 0 Å². The molecule has 70 valence electrons. The third kappa shape index (κ3) is 11.8. The zero-order valence-electron chi connectivity index (χ0n) is 8.53. The van der Waals surface area contributed by atoms with E-state index < -0.39 is 0 Å². The number of hydrogen-bond donors (Lipinski definition) is 0. The molecule has 1 heterocycles. The summed E-state index contributed by atoms with van der Waals surface area (Å²) in [5, 5.41) is 0. The Kier molecular flexibility index (Phi) is 14.4. The Balaban J connectivity index is 0. The molecule has 3 heteroatoms. The largest absolute Gasteiger partial charge is 0.388 e. The van der Waals surface area contributed by atoms with Crippen molar-refractivity contribution in [3.8, 4) is 0 Å². The molecule has 0 unspecified atom stereocenters. The van der Waals surface area contributed by atoms with Gasteiger partial charge in [-0.2, -0.15) is 0 Å². The highest BCUT2D eigenvalue weighted by atomic mass is 16.4. The second-order valence-corrected chi connectivity index (χ2v) is 1.76. The van der Waals surface area contributed by atoms with Crippen LogP contribution in [-0.4, -0.2) is 24.2 Å². The third-order valence-electron chi connectivity index (χ3n) is 0.692. The summed E-state index contributed by atoms with van der Waals surface area (Å²) in [6.45, 7) is 5.91. The average molecular weight is 170 g/mol. The molecule has 0 fully saturated rings. The van der Waals surface area contributed by atoms with E-state index in [0.717, 1.165) is 5.69 Å². The maximum Gasteiger partial charge on any atom is 0.0555 e. The molecule has 1 aromatic heterocycles. The molecular weight excluding hydrogens is 152 g/mol. The van der Waals surface area contributed by atoms with Crippen LogP contribution >= 0.6 is 0 Å². The van der Waals surface area contributed by atoms with Crippen LogP contribution < -0.4 is 0 Å². The van der Waals surface area contributed by atoms with Crippen molar-refractivity contribution < 1.29 is 4.74 Å². The van der Waals surface area contributed by atoms with Crippen LogP contribution in [0.4, 0.5) is 0 Å². The summed E-state index contributed by atoms with van der Waals surface area (Å²) in [7, 11) is 3.25. The summed E-state index contributed by atoms with van der Waals surface area (Å²) in [6.07, 6.45) is 5.06. The molecule has 0 atom stereocenters. The van der Waals surface area contributed by atoms with E-state index in [1.165, 1.54) is 0 Å². The maximum atomic E-state index is 4.25. The van der Waals surface area contributed by atoms with Gasteiger partial charge in [0.05, 0.1) is 5.69 Å². The molecule has 1 rings (SSSR count). The zero-order chi connectivity index (χ0) is 9.82. The van der Waals surface area contributed by atoms with Crippen LogP contribution in [0, 0.1) is 6.92 Å². The van der Waals surface area contributed by atoms with Gasteiger partial charge in [0.15, 0.2) is 0 Å². The van der Waals surface area contributed by atoms with Gasteiger partial charge >= 0.3 is 0 Å². The molecule has 0 N–H and O–H groups in total. The topological polar surface area (TPSA) is 35.0 Å². The lowest BCUT2D eigenvalue weighted by molar-refractivity contribution is 0.277. The second-order valence-electron chi connectivity index (χ2n) is 1.76. The van der Waals surface area contributed by atoms with E-state index in [1.807, 2.05) is 20.8 Å². The Morgan fingerprint density at radius 1 is 1.17 bits per heavy atom. The highest BCUT2D eigenvalue weighted by Crippen LogP contribution is 1.81. The lowest BCUT2D eigenvalue weighted by atomic mass is 10.5. The molecule has 0 amide bonds. The van der Waals surface area contributed by atoms with Crippen molar-refractivity contribution in [1.29, 1.82) is 0 Å². The van der Waals surface area contributed by atoms with E-state index in [4.69, 9.17) is 0 Å². The number of rotatable bonds is 0. The van der Waals surface area contributed by atoms with Gasteiger partial charge in [-0.15, -0.1) is 0 Å². The van der Waals surface area contributed by atoms with Crippen molar-refractivity contribution >= 4 is 0 Å². The summed E-state index contributed by atoms with van der Waals surface area (Å²) < 4.78 is 4.25. The molecule has 0 aliphatic rings. The minimum atomic E-state index is 0.961. The van der Waals surface area contributed by atoms with Crippen LogP contribution in [0.5, 0.6) is 0 Å². The maximum absolute atomic E-state index is 4.25. The summed E-state index contributed by atoms with van der Waals surface area (Å²) >= 11 is 0. The van der Waals surface area contributed by atoms with E-state index in [9.17, 15) is 0 Å². The van der Waals surface area contributed by atoms with Gasteiger partial charge in [0, 0.05) is 32.8 Å². The fraction of sp³-hybridized carbons (Fsp3) is 0.556. The van der Waals surface area contributed by atoms with Crippen molar-refractivity contribution in [1.82, 2.24) is 9.97 Å². The molecule has 0 aliphatic heterocycles. The number of ether oxygens (including phenoxy) is 1. The first kappa shape index (κ1) is 13.6. The van der Waals surface area contributed by atoms with Crippen LogP contribution in [-0.2, 0) is 4.74 Å². The molecule has 0 aromatic carbocycles. The number of aryl methyl sites for hydroxylation is 1. The fourth-order valence-electron chi connectivity index (χ4n) is 0.374. The SMILES string of the molecule is CC.COC.Cc1cnccn1. The van der Waals surface area contributed by atoms with Gasteiger partial charge in [-0.3, -0.25) is 9.97 Å². The van der Waals surface area contributed by atoms with Crippen LogP contribution in [0.25, 0.3) is 0 Å². The molecular formula is C9H18N2O. The van der Waals surface area contributed by atoms with Gasteiger partial charge in [0.25, 0.3) is 0 Å². The first-order chi connectivity index (χ1) is 5.81. The molecule has 3 nitrogen and oxygen atoms in total. The summed E-state index contributed by atoms with van der Waals surface area (Å²) in [4.78, 5) is 7.74. The first-order valence-electron chi connectivity index (χ1n) is 3.94. The van der Waals surface area contributed by atoms with Crippen LogP contribution in [0.1, 0.15) is 19.5 Å². The quantitative estimate of drug-likeness (QED) is 0.598. The minimum absolute atomic E-state index is 0.961.